The first-order chi connectivity index (χ1) is 12.3. The van der Waals surface area contributed by atoms with Crippen LogP contribution in [0, 0.1) is 0 Å². The molecular formula is C18H18N6O. The van der Waals surface area contributed by atoms with Gasteiger partial charge >= 0.3 is 0 Å². The van der Waals surface area contributed by atoms with Gasteiger partial charge in [0.05, 0.1) is 12.2 Å². The van der Waals surface area contributed by atoms with Crippen LogP contribution in [-0.2, 0) is 11.3 Å². The fourth-order valence-electron chi connectivity index (χ4n) is 3.14. The Morgan fingerprint density at radius 1 is 1.04 bits per heavy atom. The van der Waals surface area contributed by atoms with E-state index in [1.165, 1.54) is 0 Å². The molecule has 2 heterocycles. The van der Waals surface area contributed by atoms with Crippen molar-refractivity contribution < 1.29 is 4.79 Å². The van der Waals surface area contributed by atoms with Crippen LogP contribution in [-0.4, -0.2) is 44.1 Å². The maximum atomic E-state index is 12.5. The van der Waals surface area contributed by atoms with Gasteiger partial charge in [0.1, 0.15) is 6.04 Å². The van der Waals surface area contributed by atoms with Gasteiger partial charge < -0.3 is 5.32 Å². The van der Waals surface area contributed by atoms with Gasteiger partial charge in [-0.1, -0.05) is 48.5 Å². The van der Waals surface area contributed by atoms with E-state index in [4.69, 9.17) is 0 Å². The molecule has 25 heavy (non-hydrogen) atoms. The number of carbonyl (C=O) groups excluding carboxylic acids is 1. The molecule has 1 N–H and O–H groups in total. The molecule has 0 aliphatic carbocycles. The van der Waals surface area contributed by atoms with Crippen LogP contribution in [0.2, 0.25) is 0 Å². The number of nitrogens with zero attached hydrogens (tertiary/aromatic N) is 5. The second kappa shape index (κ2) is 6.82. The molecule has 0 spiro atoms. The molecule has 0 bridgehead atoms. The zero-order valence-corrected chi connectivity index (χ0v) is 13.6. The van der Waals surface area contributed by atoms with Crippen LogP contribution in [0.5, 0.6) is 0 Å². The predicted molar refractivity (Wildman–Crippen MR) is 91.8 cm³/mol. The lowest BCUT2D eigenvalue weighted by Gasteiger charge is -2.34. The highest BCUT2D eigenvalue weighted by Crippen LogP contribution is 2.24. The fraction of sp³-hybridized carbons (Fsp3) is 0.222. The van der Waals surface area contributed by atoms with Gasteiger partial charge in [0, 0.05) is 13.1 Å². The van der Waals surface area contributed by atoms with Gasteiger partial charge in [-0.15, -0.1) is 5.10 Å². The highest BCUT2D eigenvalue weighted by atomic mass is 16.2. The summed E-state index contributed by atoms with van der Waals surface area (Å²) < 4.78 is 1.72. The number of amides is 1. The molecule has 7 heteroatoms. The number of carbonyl (C=O) groups is 1. The van der Waals surface area contributed by atoms with Gasteiger partial charge in [0.25, 0.3) is 0 Å². The highest BCUT2D eigenvalue weighted by molar-refractivity contribution is 5.83. The molecule has 1 fully saturated rings. The second-order valence-electron chi connectivity index (χ2n) is 5.92. The number of aromatic nitrogens is 4. The van der Waals surface area contributed by atoms with Crippen LogP contribution in [0.1, 0.15) is 17.4 Å². The van der Waals surface area contributed by atoms with Crippen molar-refractivity contribution in [3.05, 3.63) is 72.1 Å². The Labute approximate surface area is 145 Å². The van der Waals surface area contributed by atoms with Crippen molar-refractivity contribution in [2.45, 2.75) is 12.6 Å². The van der Waals surface area contributed by atoms with Crippen LogP contribution in [0.3, 0.4) is 0 Å². The normalized spacial score (nSPS) is 18.1. The van der Waals surface area contributed by atoms with Crippen LogP contribution in [0.4, 0.5) is 0 Å². The third-order valence-electron chi connectivity index (χ3n) is 4.31. The molecular weight excluding hydrogens is 316 g/mol. The molecule has 1 amide bonds. The second-order valence-corrected chi connectivity index (χ2v) is 5.92. The van der Waals surface area contributed by atoms with E-state index in [1.807, 2.05) is 60.7 Å². The van der Waals surface area contributed by atoms with Gasteiger partial charge in [0.15, 0.2) is 5.82 Å². The third-order valence-corrected chi connectivity index (χ3v) is 4.31. The summed E-state index contributed by atoms with van der Waals surface area (Å²) in [5, 5.41) is 15.0. The first-order valence-electron chi connectivity index (χ1n) is 8.22. The summed E-state index contributed by atoms with van der Waals surface area (Å²) in [6, 6.07) is 19.2. The zero-order valence-electron chi connectivity index (χ0n) is 13.6. The third kappa shape index (κ3) is 3.14. The lowest BCUT2D eigenvalue weighted by Crippen LogP contribution is -2.49. The molecule has 0 radical (unpaired) electrons. The molecule has 126 valence electrons. The summed E-state index contributed by atoms with van der Waals surface area (Å²) in [6.45, 7) is 1.86. The molecule has 4 rings (SSSR count). The van der Waals surface area contributed by atoms with E-state index >= 15 is 0 Å². The Bertz CT molecular complexity index is 848. The summed E-state index contributed by atoms with van der Waals surface area (Å²) >= 11 is 0. The monoisotopic (exact) mass is 334 g/mol. The molecule has 0 saturated carbocycles. The van der Waals surface area contributed by atoms with E-state index in [2.05, 4.69) is 25.7 Å². The molecule has 1 aliphatic rings. The lowest BCUT2D eigenvalue weighted by molar-refractivity contribution is -0.129. The standard InChI is InChI=1S/C18H18N6O/c25-18-17(14-7-3-1-4-8-14)23(12-11-19-18)13-16-20-21-22-24(16)15-9-5-2-6-10-15/h1-10,17H,11-13H2,(H,19,25). The summed E-state index contributed by atoms with van der Waals surface area (Å²) in [5.74, 6) is 0.720. The highest BCUT2D eigenvalue weighted by Gasteiger charge is 2.32. The smallest absolute Gasteiger partial charge is 0.242 e. The molecule has 1 aliphatic heterocycles. The average molecular weight is 334 g/mol. The Balaban J connectivity index is 1.63. The van der Waals surface area contributed by atoms with Crippen molar-refractivity contribution in [1.82, 2.24) is 30.4 Å². The molecule has 1 atom stereocenters. The molecule has 3 aromatic rings. The Morgan fingerprint density at radius 3 is 2.52 bits per heavy atom. The SMILES string of the molecule is O=C1NCCN(Cc2nnnn2-c2ccccc2)C1c1ccccc1. The van der Waals surface area contributed by atoms with Gasteiger partial charge in [-0.3, -0.25) is 9.69 Å². The van der Waals surface area contributed by atoms with E-state index in [1.54, 1.807) is 4.68 Å². The molecule has 1 aromatic heterocycles. The fourth-order valence-corrected chi connectivity index (χ4v) is 3.14. The maximum absolute atomic E-state index is 12.5. The van der Waals surface area contributed by atoms with E-state index in [-0.39, 0.29) is 11.9 Å². The summed E-state index contributed by atoms with van der Waals surface area (Å²) in [5.41, 5.74) is 1.87. The first kappa shape index (κ1) is 15.5. The van der Waals surface area contributed by atoms with Gasteiger partial charge in [0.2, 0.25) is 5.91 Å². The molecule has 7 nitrogen and oxygen atoms in total. The van der Waals surface area contributed by atoms with Crippen molar-refractivity contribution in [2.75, 3.05) is 13.1 Å². The number of nitrogens with one attached hydrogen (secondary N) is 1. The predicted octanol–water partition coefficient (Wildman–Crippen LogP) is 1.34. The minimum Gasteiger partial charge on any atom is -0.353 e. The quantitative estimate of drug-likeness (QED) is 0.779. The lowest BCUT2D eigenvalue weighted by atomic mass is 10.0. The van der Waals surface area contributed by atoms with Crippen LogP contribution in [0.15, 0.2) is 60.7 Å². The van der Waals surface area contributed by atoms with Crippen molar-refractivity contribution in [3.8, 4) is 5.69 Å². The number of rotatable bonds is 4. The summed E-state index contributed by atoms with van der Waals surface area (Å²) in [4.78, 5) is 14.6. The Hall–Kier alpha value is -3.06. The number of hydrogen-bond acceptors (Lipinski definition) is 5. The van der Waals surface area contributed by atoms with Crippen LogP contribution >= 0.6 is 0 Å². The number of tetrazole rings is 1. The number of benzene rings is 2. The molecule has 2 aromatic carbocycles. The molecule has 1 unspecified atom stereocenters. The Kier molecular flexibility index (Phi) is 4.22. The van der Waals surface area contributed by atoms with E-state index in [0.717, 1.165) is 17.8 Å². The van der Waals surface area contributed by atoms with Crippen molar-refractivity contribution in [1.29, 1.82) is 0 Å². The zero-order chi connectivity index (χ0) is 17.1. The van der Waals surface area contributed by atoms with Gasteiger partial charge in [-0.25, -0.2) is 0 Å². The van der Waals surface area contributed by atoms with Crippen LogP contribution in [0.25, 0.3) is 5.69 Å². The van der Waals surface area contributed by atoms with Crippen molar-refractivity contribution in [2.24, 2.45) is 0 Å². The minimum absolute atomic E-state index is 0.0104. The first-order valence-corrected chi connectivity index (χ1v) is 8.22. The summed E-state index contributed by atoms with van der Waals surface area (Å²) in [7, 11) is 0. The number of para-hydroxylation sites is 1. The van der Waals surface area contributed by atoms with E-state index in [9.17, 15) is 4.79 Å². The number of piperazine rings is 1. The van der Waals surface area contributed by atoms with Gasteiger partial charge in [-0.2, -0.15) is 4.68 Å². The van der Waals surface area contributed by atoms with Gasteiger partial charge in [-0.05, 0) is 28.1 Å². The van der Waals surface area contributed by atoms with Crippen molar-refractivity contribution in [3.63, 3.8) is 0 Å². The topological polar surface area (TPSA) is 75.9 Å². The minimum atomic E-state index is -0.337. The van der Waals surface area contributed by atoms with Crippen LogP contribution < -0.4 is 5.32 Å². The number of hydrogen-bond donors (Lipinski definition) is 1. The summed E-state index contributed by atoms with van der Waals surface area (Å²) in [6.07, 6.45) is 0. The average Bonchev–Trinajstić information content (AvgIpc) is 3.11. The van der Waals surface area contributed by atoms with E-state index in [0.29, 0.717) is 18.9 Å². The van der Waals surface area contributed by atoms with E-state index < -0.39 is 0 Å². The Morgan fingerprint density at radius 2 is 1.76 bits per heavy atom. The molecule has 1 saturated heterocycles. The van der Waals surface area contributed by atoms with Crippen molar-refractivity contribution >= 4 is 5.91 Å². The largest absolute Gasteiger partial charge is 0.353 e. The maximum Gasteiger partial charge on any atom is 0.242 e.